The highest BCUT2D eigenvalue weighted by Crippen LogP contribution is 2.45. The molecule has 3 heterocycles. The summed E-state index contributed by atoms with van der Waals surface area (Å²) in [7, 11) is 0. The first-order valence-corrected chi connectivity index (χ1v) is 45.8. The molecule has 13 heteroatoms. The van der Waals surface area contributed by atoms with Crippen LogP contribution in [0.5, 0.6) is 34.5 Å². The average Bonchev–Trinajstić information content (AvgIpc) is 1.77. The van der Waals surface area contributed by atoms with Crippen LogP contribution < -0.4 is 28.4 Å². The van der Waals surface area contributed by atoms with Crippen LogP contribution in [-0.2, 0) is 0 Å². The van der Waals surface area contributed by atoms with Gasteiger partial charge in [-0.2, -0.15) is 0 Å². The molecule has 0 radical (unpaired) electrons. The number of unbranched alkanes of at least 4 members (excludes halogenated alkanes) is 54. The van der Waals surface area contributed by atoms with Gasteiger partial charge in [-0.25, -0.2) is 0 Å². The van der Waals surface area contributed by atoms with Gasteiger partial charge in [0.05, 0.1) is 49.4 Å². The minimum atomic E-state index is 0.391. The van der Waals surface area contributed by atoms with Crippen molar-refractivity contribution in [3.05, 3.63) is 36.4 Å². The summed E-state index contributed by atoms with van der Waals surface area (Å²) in [4.78, 5) is 1.59. The Morgan fingerprint density at radius 2 is 0.390 bits per heavy atom. The van der Waals surface area contributed by atoms with Crippen molar-refractivity contribution in [2.45, 2.75) is 427 Å². The van der Waals surface area contributed by atoms with E-state index >= 15 is 0 Å². The highest BCUT2D eigenvalue weighted by molar-refractivity contribution is 7.18. The lowest BCUT2D eigenvalue weighted by Crippen LogP contribution is -2.07. The smallest absolute Gasteiger partial charge is 0.258 e. The van der Waals surface area contributed by atoms with Gasteiger partial charge in [0.25, 0.3) is 11.8 Å². The number of thiophene rings is 1. The molecule has 2 aromatic carbocycles. The van der Waals surface area contributed by atoms with Gasteiger partial charge in [-0.05, 0) is 74.9 Å². The number of nitrogens with zero attached hydrogens (tertiary/aromatic N) is 4. The third-order valence-corrected chi connectivity index (χ3v) is 22.0. The van der Waals surface area contributed by atoms with E-state index in [2.05, 4.69) is 61.9 Å². The average molecular weight is 1480 g/mol. The first kappa shape index (κ1) is 90.8. The van der Waals surface area contributed by atoms with Crippen LogP contribution in [0, 0.1) is 0 Å². The van der Waals surface area contributed by atoms with Crippen molar-refractivity contribution in [2.24, 2.45) is 0 Å². The van der Waals surface area contributed by atoms with Gasteiger partial charge in [0.15, 0.2) is 23.0 Å². The van der Waals surface area contributed by atoms with Crippen LogP contribution in [0.1, 0.15) is 427 Å². The summed E-state index contributed by atoms with van der Waals surface area (Å²) < 4.78 is 53.9. The van der Waals surface area contributed by atoms with Crippen LogP contribution in [0.25, 0.3) is 44.4 Å². The first-order chi connectivity index (χ1) is 52.0. The Morgan fingerprint density at radius 1 is 0.219 bits per heavy atom. The van der Waals surface area contributed by atoms with E-state index in [1.165, 1.54) is 320 Å². The number of benzene rings is 2. The molecule has 3 aromatic heterocycles. The standard InChI is InChI=1S/C92H156N4O8S/c1-7-13-19-25-31-37-43-49-55-61-69-97-81-75-79(76-82(98-70-62-56-50-44-38-32-26-20-14-8-2)87(81)101-73-65-59-53-47-41-35-29-23-17-11-5)89-93-95-91(103-89)85-67-68-86(105-85)92-96-94-90(104-92)80-77-83(99-71-63-57-51-45-39-33-27-21-15-9-3)88(102-74-66-60-54-48-42-36-30-24-18-12-6)84(78-80)100-72-64-58-52-46-40-34-28-22-16-10-4/h67-68,75-78H,7-66,69-74H2,1-6H3. The molecule has 0 bridgehead atoms. The normalized spacial score (nSPS) is 11.6. The lowest BCUT2D eigenvalue weighted by atomic mass is 10.1. The topological polar surface area (TPSA) is 133 Å². The Morgan fingerprint density at radius 3 is 0.590 bits per heavy atom. The Balaban J connectivity index is 1.37. The van der Waals surface area contributed by atoms with Gasteiger partial charge < -0.3 is 37.3 Å². The van der Waals surface area contributed by atoms with Crippen molar-refractivity contribution < 1.29 is 37.3 Å². The van der Waals surface area contributed by atoms with Gasteiger partial charge in [-0.15, -0.1) is 31.7 Å². The van der Waals surface area contributed by atoms with E-state index in [9.17, 15) is 0 Å². The molecular weight excluding hydrogens is 1320 g/mol. The zero-order valence-electron chi connectivity index (χ0n) is 68.6. The predicted molar refractivity (Wildman–Crippen MR) is 446 cm³/mol. The molecule has 12 nitrogen and oxygen atoms in total. The van der Waals surface area contributed by atoms with Crippen molar-refractivity contribution in [3.8, 4) is 78.9 Å². The summed E-state index contributed by atoms with van der Waals surface area (Å²) in [5.41, 5.74) is 1.48. The summed E-state index contributed by atoms with van der Waals surface area (Å²) in [6.07, 6.45) is 76.0. The molecular formula is C92H156N4O8S. The van der Waals surface area contributed by atoms with Crippen molar-refractivity contribution in [3.63, 3.8) is 0 Å². The van der Waals surface area contributed by atoms with E-state index in [1.54, 1.807) is 0 Å². The van der Waals surface area contributed by atoms with E-state index in [0.29, 0.717) is 97.7 Å². The molecule has 0 aliphatic rings. The summed E-state index contributed by atoms with van der Waals surface area (Å²) in [6.45, 7) is 17.3. The molecule has 0 amide bonds. The SMILES string of the molecule is CCCCCCCCCCCCOc1cc(-c2nnc(-c3ccc(-c4nnc(-c5cc(OCCCCCCCCCCCC)c(OCCCCCCCCCCCC)c(OCCCCCCCCCCCC)c5)o4)s3)o2)cc(OCCCCCCCCCCCC)c1OCCCCCCCCCCCC. The highest BCUT2D eigenvalue weighted by atomic mass is 32.1. The zero-order chi connectivity index (χ0) is 74.2. The van der Waals surface area contributed by atoms with E-state index in [-0.39, 0.29) is 0 Å². The zero-order valence-corrected chi connectivity index (χ0v) is 69.4. The van der Waals surface area contributed by atoms with Gasteiger partial charge in [-0.1, -0.05) is 388 Å². The molecule has 105 heavy (non-hydrogen) atoms. The van der Waals surface area contributed by atoms with E-state index in [1.807, 2.05) is 36.4 Å². The van der Waals surface area contributed by atoms with Crippen molar-refractivity contribution >= 4 is 11.3 Å². The molecule has 0 aliphatic heterocycles. The summed E-state index contributed by atoms with van der Waals surface area (Å²) in [5, 5.41) is 18.7. The lowest BCUT2D eigenvalue weighted by molar-refractivity contribution is 0.234. The van der Waals surface area contributed by atoms with Crippen LogP contribution in [0.2, 0.25) is 0 Å². The van der Waals surface area contributed by atoms with E-state index < -0.39 is 0 Å². The van der Waals surface area contributed by atoms with Crippen LogP contribution in [0.15, 0.2) is 45.2 Å². The van der Waals surface area contributed by atoms with Crippen LogP contribution in [-0.4, -0.2) is 60.0 Å². The Bertz CT molecular complexity index is 2500. The fraction of sp³-hybridized carbons (Fsp3) is 0.783. The fourth-order valence-electron chi connectivity index (χ4n) is 14.2. The number of hydrogen-bond acceptors (Lipinski definition) is 13. The van der Waals surface area contributed by atoms with Crippen LogP contribution >= 0.6 is 11.3 Å². The van der Waals surface area contributed by atoms with Crippen molar-refractivity contribution in [1.82, 2.24) is 20.4 Å². The maximum absolute atomic E-state index is 6.77. The summed E-state index contributed by atoms with van der Waals surface area (Å²) in [6, 6.07) is 12.1. The quantitative estimate of drug-likeness (QED) is 0.0343. The molecule has 0 saturated carbocycles. The number of hydrogen-bond donors (Lipinski definition) is 0. The van der Waals surface area contributed by atoms with Crippen LogP contribution in [0.4, 0.5) is 0 Å². The number of ether oxygens (including phenoxy) is 6. The van der Waals surface area contributed by atoms with E-state index in [0.717, 1.165) is 97.9 Å². The van der Waals surface area contributed by atoms with Gasteiger partial charge in [-0.3, -0.25) is 0 Å². The predicted octanol–water partition coefficient (Wildman–Crippen LogP) is 31.0. The molecule has 0 N–H and O–H groups in total. The Hall–Kier alpha value is -4.78. The molecule has 598 valence electrons. The van der Waals surface area contributed by atoms with Gasteiger partial charge in [0, 0.05) is 11.1 Å². The molecule has 0 spiro atoms. The first-order valence-electron chi connectivity index (χ1n) is 44.9. The van der Waals surface area contributed by atoms with E-state index in [4.69, 9.17) is 37.3 Å². The molecule has 5 rings (SSSR count). The van der Waals surface area contributed by atoms with Gasteiger partial charge in [0.2, 0.25) is 23.3 Å². The third kappa shape index (κ3) is 42.7. The second kappa shape index (κ2) is 64.1. The second-order valence-corrected chi connectivity index (χ2v) is 31.9. The number of aromatic nitrogens is 4. The molecule has 0 unspecified atom stereocenters. The number of rotatable bonds is 76. The summed E-state index contributed by atoms with van der Waals surface area (Å²) >= 11 is 1.48. The maximum Gasteiger partial charge on any atom is 0.258 e. The monoisotopic (exact) mass is 1480 g/mol. The van der Waals surface area contributed by atoms with Gasteiger partial charge >= 0.3 is 0 Å². The van der Waals surface area contributed by atoms with Crippen molar-refractivity contribution in [1.29, 1.82) is 0 Å². The summed E-state index contributed by atoms with van der Waals surface area (Å²) in [5.74, 6) is 5.65. The molecule has 5 aromatic rings. The Labute approximate surface area is 647 Å². The largest absolute Gasteiger partial charge is 0.490 e. The molecule has 0 aliphatic carbocycles. The Kier molecular flexibility index (Phi) is 55.4. The highest BCUT2D eigenvalue weighted by Gasteiger charge is 2.24. The van der Waals surface area contributed by atoms with Crippen LogP contribution in [0.3, 0.4) is 0 Å². The maximum atomic E-state index is 6.77. The minimum Gasteiger partial charge on any atom is -0.490 e. The third-order valence-electron chi connectivity index (χ3n) is 20.9. The fourth-order valence-corrected chi connectivity index (χ4v) is 15.0. The van der Waals surface area contributed by atoms with Gasteiger partial charge in [0.1, 0.15) is 0 Å². The minimum absolute atomic E-state index is 0.391. The lowest BCUT2D eigenvalue weighted by Gasteiger charge is -2.18. The molecule has 0 atom stereocenters. The molecule has 0 fully saturated rings. The second-order valence-electron chi connectivity index (χ2n) is 30.8. The molecule has 0 saturated heterocycles. The van der Waals surface area contributed by atoms with Crippen molar-refractivity contribution in [2.75, 3.05) is 39.6 Å².